The predicted octanol–water partition coefficient (Wildman–Crippen LogP) is 5.01. The first-order chi connectivity index (χ1) is 13.3. The maximum absolute atomic E-state index is 10.9. The smallest absolute Gasteiger partial charge is 0.280 e. The molecule has 0 fully saturated rings. The molecule has 3 N–H and O–H groups in total. The fraction of sp³-hybridized carbons (Fsp3) is 0.333. The molecule has 12 heteroatoms. The van der Waals surface area contributed by atoms with Crippen molar-refractivity contribution in [2.24, 2.45) is 11.8 Å². The first kappa shape index (κ1) is 31.0. The molecule has 0 amide bonds. The number of carbonyl (C=O) groups is 2. The van der Waals surface area contributed by atoms with Gasteiger partial charge in [0.25, 0.3) is 5.24 Å². The maximum Gasteiger partial charge on any atom is 0.345 e. The van der Waals surface area contributed by atoms with E-state index in [0.717, 1.165) is 0 Å². The summed E-state index contributed by atoms with van der Waals surface area (Å²) in [5.74, 6) is 3.80. The van der Waals surface area contributed by atoms with E-state index < -0.39 is 26.3 Å². The maximum atomic E-state index is 10.9. The third kappa shape index (κ3) is 10.2. The van der Waals surface area contributed by atoms with Crippen LogP contribution in [0.1, 0.15) is 31.1 Å². The van der Waals surface area contributed by atoms with Crippen LogP contribution >= 0.6 is 58.8 Å². The standard InChI is InChI=1S/C7H4Cl3NO3.C7H5ClO.C4H12N2.ClH/c8-5-3-1-2-4(6(9)12)7(5,10)11(13)14;8-7(9)6-4-2-1-3-5-6;1-4(2,3)6-5;/h1-4H;1-5H;6H,5H2,1-3H3;1H. The fourth-order valence-electron chi connectivity index (χ4n) is 1.64. The summed E-state index contributed by atoms with van der Waals surface area (Å²) in [6.45, 7) is 6.02. The van der Waals surface area contributed by atoms with Crippen molar-refractivity contribution in [2.75, 3.05) is 0 Å². The van der Waals surface area contributed by atoms with Gasteiger partial charge in [-0.25, -0.2) is 0 Å². The second kappa shape index (κ2) is 14.0. The lowest BCUT2D eigenvalue weighted by Gasteiger charge is -2.24. The van der Waals surface area contributed by atoms with E-state index in [1.165, 1.54) is 18.2 Å². The van der Waals surface area contributed by atoms with Crippen molar-refractivity contribution in [1.29, 1.82) is 0 Å². The number of benzene rings is 1. The van der Waals surface area contributed by atoms with Gasteiger partial charge in [0, 0.05) is 16.0 Å². The molecule has 7 nitrogen and oxygen atoms in total. The van der Waals surface area contributed by atoms with E-state index in [4.69, 9.17) is 52.2 Å². The number of allylic oxidation sites excluding steroid dienone is 2. The lowest BCUT2D eigenvalue weighted by Crippen LogP contribution is -2.43. The minimum atomic E-state index is -2.17. The summed E-state index contributed by atoms with van der Waals surface area (Å²) in [7, 11) is 0. The Kier molecular flexibility index (Phi) is 14.4. The van der Waals surface area contributed by atoms with Crippen molar-refractivity contribution >= 4 is 69.3 Å². The van der Waals surface area contributed by atoms with Crippen LogP contribution in [-0.4, -0.2) is 25.9 Å². The Hall–Kier alpha value is -1.19. The average molecular weight is 522 g/mol. The molecule has 0 aromatic heterocycles. The van der Waals surface area contributed by atoms with Crippen molar-refractivity contribution in [3.63, 3.8) is 0 Å². The van der Waals surface area contributed by atoms with Gasteiger partial charge in [0.2, 0.25) is 5.24 Å². The van der Waals surface area contributed by atoms with Crippen LogP contribution in [0.3, 0.4) is 0 Å². The largest absolute Gasteiger partial charge is 0.345 e. The molecule has 30 heavy (non-hydrogen) atoms. The van der Waals surface area contributed by atoms with Crippen molar-refractivity contribution in [3.8, 4) is 0 Å². The molecule has 0 spiro atoms. The summed E-state index contributed by atoms with van der Waals surface area (Å²) in [5, 5.41) is 9.15. The first-order valence-electron chi connectivity index (χ1n) is 8.07. The Bertz CT molecular complexity index is 782. The molecular weight excluding hydrogens is 499 g/mol. The van der Waals surface area contributed by atoms with Gasteiger partial charge in [-0.2, -0.15) is 0 Å². The van der Waals surface area contributed by atoms with Crippen LogP contribution in [0.5, 0.6) is 0 Å². The average Bonchev–Trinajstić information content (AvgIpc) is 2.64. The van der Waals surface area contributed by atoms with Crippen LogP contribution < -0.4 is 11.3 Å². The summed E-state index contributed by atoms with van der Waals surface area (Å²) in [4.78, 5) is 29.0. The number of hydrogen-bond acceptors (Lipinski definition) is 6. The van der Waals surface area contributed by atoms with Crippen molar-refractivity contribution in [3.05, 3.63) is 69.3 Å². The van der Waals surface area contributed by atoms with Gasteiger partial charge >= 0.3 is 5.00 Å². The molecule has 0 saturated carbocycles. The Morgan fingerprint density at radius 1 is 1.20 bits per heavy atom. The third-order valence-electron chi connectivity index (χ3n) is 3.24. The lowest BCUT2D eigenvalue weighted by molar-refractivity contribution is -0.533. The van der Waals surface area contributed by atoms with E-state index in [2.05, 4.69) is 5.43 Å². The summed E-state index contributed by atoms with van der Waals surface area (Å²) in [6.07, 6.45) is 3.90. The molecule has 1 aromatic rings. The van der Waals surface area contributed by atoms with Gasteiger partial charge in [0.15, 0.2) is 0 Å². The molecule has 0 heterocycles. The highest BCUT2D eigenvalue weighted by Crippen LogP contribution is 2.40. The normalized spacial score (nSPS) is 19.6. The van der Waals surface area contributed by atoms with Crippen LogP contribution in [0.4, 0.5) is 0 Å². The minimum absolute atomic E-state index is 0. The Morgan fingerprint density at radius 2 is 1.67 bits per heavy atom. The van der Waals surface area contributed by atoms with Gasteiger partial charge in [0.05, 0.1) is 0 Å². The zero-order valence-corrected chi connectivity index (χ0v) is 20.1. The molecule has 0 bridgehead atoms. The quantitative estimate of drug-likeness (QED) is 0.144. The van der Waals surface area contributed by atoms with Gasteiger partial charge in [0.1, 0.15) is 11.0 Å². The molecule has 0 radical (unpaired) electrons. The monoisotopic (exact) mass is 519 g/mol. The van der Waals surface area contributed by atoms with Gasteiger partial charge in [-0.05, 0) is 61.7 Å². The van der Waals surface area contributed by atoms with E-state index >= 15 is 0 Å². The van der Waals surface area contributed by atoms with Gasteiger partial charge in [-0.1, -0.05) is 54.1 Å². The van der Waals surface area contributed by atoms with Crippen LogP contribution in [0.2, 0.25) is 0 Å². The molecule has 1 aliphatic carbocycles. The van der Waals surface area contributed by atoms with Crippen LogP contribution in [0.25, 0.3) is 0 Å². The number of halogens is 5. The molecule has 2 unspecified atom stereocenters. The third-order valence-corrected chi connectivity index (χ3v) is 4.78. The van der Waals surface area contributed by atoms with E-state index in [0.29, 0.717) is 5.56 Å². The van der Waals surface area contributed by atoms with E-state index in [9.17, 15) is 19.7 Å². The lowest BCUT2D eigenvalue weighted by atomic mass is 9.96. The molecule has 1 aromatic carbocycles. The molecule has 168 valence electrons. The highest BCUT2D eigenvalue weighted by atomic mass is 35.5. The van der Waals surface area contributed by atoms with Crippen LogP contribution in [-0.2, 0) is 4.79 Å². The first-order valence-corrected chi connectivity index (χ1v) is 9.58. The Labute approximate surface area is 201 Å². The van der Waals surface area contributed by atoms with Crippen molar-refractivity contribution < 1.29 is 14.5 Å². The molecule has 1 aliphatic rings. The summed E-state index contributed by atoms with van der Waals surface area (Å²) in [6, 6.07) is 8.74. The molecule has 0 saturated heterocycles. The number of hydrogen-bond donors (Lipinski definition) is 2. The second-order valence-corrected chi connectivity index (χ2v) is 8.35. The number of nitrogens with zero attached hydrogens (tertiary/aromatic N) is 1. The fourth-order valence-corrected chi connectivity index (χ4v) is 2.55. The van der Waals surface area contributed by atoms with E-state index in [1.54, 1.807) is 24.3 Å². The second-order valence-electron chi connectivity index (χ2n) is 6.65. The SMILES string of the molecule is CC(C)(C)NN.Cl.O=C(Cl)C1C=CC=C(Cl)C1(Cl)[N+](=O)[O-].O=C(Cl)c1ccccc1. The summed E-state index contributed by atoms with van der Waals surface area (Å²) < 4.78 is 0. The number of alkyl halides is 1. The molecule has 0 aliphatic heterocycles. The van der Waals surface area contributed by atoms with E-state index in [1.807, 2.05) is 26.8 Å². The number of nitro groups is 1. The highest BCUT2D eigenvalue weighted by molar-refractivity contribution is 6.67. The topological polar surface area (TPSA) is 115 Å². The Balaban J connectivity index is 0. The van der Waals surface area contributed by atoms with Gasteiger partial charge < -0.3 is 0 Å². The number of carbonyl (C=O) groups excluding carboxylic acids is 2. The number of rotatable bonds is 3. The highest BCUT2D eigenvalue weighted by Gasteiger charge is 2.55. The van der Waals surface area contributed by atoms with E-state index in [-0.39, 0.29) is 23.0 Å². The van der Waals surface area contributed by atoms with Crippen molar-refractivity contribution in [2.45, 2.75) is 31.3 Å². The molecule has 2 atom stereocenters. The summed E-state index contributed by atoms with van der Waals surface area (Å²) in [5.41, 5.74) is 3.21. The van der Waals surface area contributed by atoms with Crippen LogP contribution in [0, 0.1) is 16.0 Å². The zero-order valence-electron chi connectivity index (χ0n) is 16.3. The van der Waals surface area contributed by atoms with Crippen LogP contribution in [0.15, 0.2) is 53.6 Å². The zero-order chi connectivity index (χ0) is 22.8. The molecular formula is C18H22Cl5N3O4. The summed E-state index contributed by atoms with van der Waals surface area (Å²) >= 11 is 21.6. The van der Waals surface area contributed by atoms with Gasteiger partial charge in [-0.15, -0.1) is 12.4 Å². The van der Waals surface area contributed by atoms with Crippen molar-refractivity contribution in [1.82, 2.24) is 5.43 Å². The number of nitrogens with two attached hydrogens (primary N) is 1. The number of nitrogens with one attached hydrogen (secondary N) is 1. The predicted molar refractivity (Wildman–Crippen MR) is 124 cm³/mol. The number of hydrazine groups is 1. The van der Waals surface area contributed by atoms with Gasteiger partial charge in [-0.3, -0.25) is 31.0 Å². The molecule has 2 rings (SSSR count). The minimum Gasteiger partial charge on any atom is -0.280 e. The Morgan fingerprint density at radius 3 is 1.93 bits per heavy atom.